The molecule has 0 unspecified atom stereocenters. The number of rotatable bonds is 7. The van der Waals surface area contributed by atoms with Crippen LogP contribution in [0, 0.1) is 34.0 Å². The molecule has 0 N–H and O–H groups in total. The second kappa shape index (κ2) is 16.3. The summed E-state index contributed by atoms with van der Waals surface area (Å²) < 4.78 is 4.42. The molecule has 0 aliphatic heterocycles. The highest BCUT2D eigenvalue weighted by atomic mass is 15.0. The number of hydrogen-bond donors (Lipinski definition) is 0. The largest absolute Gasteiger partial charge is 0.309 e. The Morgan fingerprint density at radius 1 is 0.324 bits per heavy atom. The number of hydrogen-bond acceptors (Lipinski definition) is 5. The molecular weight excluding hydrogens is 831 g/mol. The minimum Gasteiger partial charge on any atom is -0.309 e. The van der Waals surface area contributed by atoms with Crippen molar-refractivity contribution in [3.63, 3.8) is 0 Å². The van der Waals surface area contributed by atoms with E-state index in [1.54, 1.807) is 0 Å². The fourth-order valence-electron chi connectivity index (χ4n) is 9.58. The highest BCUT2D eigenvalue weighted by Crippen LogP contribution is 2.39. The number of para-hydroxylation sites is 1. The molecule has 7 heteroatoms. The van der Waals surface area contributed by atoms with Crippen LogP contribution in [0.4, 0.5) is 0 Å². The molecule has 0 spiro atoms. The van der Waals surface area contributed by atoms with Gasteiger partial charge in [-0.1, -0.05) is 133 Å². The second-order valence-corrected chi connectivity index (χ2v) is 16.8. The molecule has 0 fully saturated rings. The summed E-state index contributed by atoms with van der Waals surface area (Å²) in [5.41, 5.74) is 16.2. The van der Waals surface area contributed by atoms with Gasteiger partial charge in [0.1, 0.15) is 0 Å². The maximum absolute atomic E-state index is 10.6. The zero-order valence-electron chi connectivity index (χ0n) is 36.3. The molecule has 0 radical (unpaired) electrons. The molecule has 0 saturated carbocycles. The predicted molar refractivity (Wildman–Crippen MR) is 272 cm³/mol. The summed E-state index contributed by atoms with van der Waals surface area (Å²) in [7, 11) is 0. The van der Waals surface area contributed by atoms with Crippen molar-refractivity contribution in [1.29, 1.82) is 15.8 Å². The van der Waals surface area contributed by atoms with Gasteiger partial charge in [0.05, 0.1) is 68.4 Å². The maximum Gasteiger partial charge on any atom is 0.160 e. The molecule has 0 saturated heterocycles. The van der Waals surface area contributed by atoms with Crippen molar-refractivity contribution >= 4 is 43.6 Å². The van der Waals surface area contributed by atoms with Gasteiger partial charge in [-0.3, -0.25) is 0 Å². The minimum absolute atomic E-state index is 0.565. The van der Waals surface area contributed by atoms with E-state index >= 15 is 0 Å². The van der Waals surface area contributed by atoms with Crippen molar-refractivity contribution in [3.05, 3.63) is 229 Å². The van der Waals surface area contributed by atoms with E-state index in [0.717, 1.165) is 105 Å². The fraction of sp³-hybridized carbons (Fsp3) is 0. The van der Waals surface area contributed by atoms with Crippen LogP contribution >= 0.6 is 0 Å². The molecule has 0 bridgehead atoms. The van der Waals surface area contributed by atoms with Gasteiger partial charge in [0, 0.05) is 49.6 Å². The average Bonchev–Trinajstić information content (AvgIpc) is 3.92. The monoisotopic (exact) mass is 865 g/mol. The van der Waals surface area contributed by atoms with E-state index in [9.17, 15) is 15.8 Å². The van der Waals surface area contributed by atoms with Crippen LogP contribution in [0.3, 0.4) is 0 Å². The summed E-state index contributed by atoms with van der Waals surface area (Å²) in [5, 5.41) is 34.1. The van der Waals surface area contributed by atoms with E-state index in [4.69, 9.17) is 9.97 Å². The Hall–Kier alpha value is -9.87. The zero-order valence-corrected chi connectivity index (χ0v) is 36.3. The summed E-state index contributed by atoms with van der Waals surface area (Å²) in [6.07, 6.45) is 0. The predicted octanol–water partition coefficient (Wildman–Crippen LogP) is 14.6. The lowest BCUT2D eigenvalue weighted by molar-refractivity contribution is 1.16. The lowest BCUT2D eigenvalue weighted by Gasteiger charge is -2.13. The highest BCUT2D eigenvalue weighted by molar-refractivity contribution is 6.12. The highest BCUT2D eigenvalue weighted by Gasteiger charge is 2.19. The molecule has 68 heavy (non-hydrogen) atoms. The Bertz CT molecular complexity index is 3960. The molecular formula is C61H35N7. The summed E-state index contributed by atoms with van der Waals surface area (Å²) >= 11 is 0. The van der Waals surface area contributed by atoms with E-state index in [1.807, 2.05) is 103 Å². The van der Waals surface area contributed by atoms with E-state index in [0.29, 0.717) is 22.5 Å². The van der Waals surface area contributed by atoms with Crippen molar-refractivity contribution in [1.82, 2.24) is 19.1 Å². The van der Waals surface area contributed by atoms with Gasteiger partial charge in [0.2, 0.25) is 0 Å². The van der Waals surface area contributed by atoms with Gasteiger partial charge in [-0.25, -0.2) is 9.97 Å². The van der Waals surface area contributed by atoms with Crippen molar-refractivity contribution in [2.24, 2.45) is 0 Å². The van der Waals surface area contributed by atoms with Crippen LogP contribution in [0.2, 0.25) is 0 Å². The molecule has 0 aliphatic rings. The fourth-order valence-corrected chi connectivity index (χ4v) is 9.58. The molecule has 12 aromatic rings. The van der Waals surface area contributed by atoms with Crippen LogP contribution in [0.1, 0.15) is 16.7 Å². The van der Waals surface area contributed by atoms with Crippen LogP contribution in [-0.2, 0) is 0 Å². The molecule has 12 rings (SSSR count). The third kappa shape index (κ3) is 6.74. The van der Waals surface area contributed by atoms with Crippen LogP contribution in [-0.4, -0.2) is 19.1 Å². The molecule has 7 nitrogen and oxygen atoms in total. The van der Waals surface area contributed by atoms with Gasteiger partial charge in [0.15, 0.2) is 5.82 Å². The SMILES string of the molecule is N#Cc1ccc2c(c1)c1cc(C#N)ccc1n2-c1ccc2c(c1)c1ccccc1n2-c1ccc(-c2ccc(-c3ccc(-c4cc(-c5ccccc5)nc(-c5ccccc5)n4)cc3)cc2)c(C#N)c1. The number of fused-ring (bicyclic) bond motifs is 6. The molecule has 3 heterocycles. The third-order valence-corrected chi connectivity index (χ3v) is 12.9. The van der Waals surface area contributed by atoms with E-state index < -0.39 is 0 Å². The molecule has 0 aliphatic carbocycles. The summed E-state index contributed by atoms with van der Waals surface area (Å²) in [4.78, 5) is 9.94. The van der Waals surface area contributed by atoms with Crippen molar-refractivity contribution < 1.29 is 0 Å². The first-order valence-electron chi connectivity index (χ1n) is 22.2. The lowest BCUT2D eigenvalue weighted by Crippen LogP contribution is -1.97. The summed E-state index contributed by atoms with van der Waals surface area (Å²) in [6, 6.07) is 78.6. The maximum atomic E-state index is 10.6. The standard InChI is InChI=1S/C61H35N7/c62-36-39-15-28-58-52(31-39)53-32-40(37-63)16-29-59(53)68(58)49-26-30-60-54(34-49)51-13-7-8-14-57(51)67(60)48-25-27-50(47(33-48)38-64)43-21-17-41(18-22-43)42-19-23-45(24-20-42)56-35-55(44-9-3-1-4-10-44)65-61(66-56)46-11-5-2-6-12-46/h1-35H. The van der Waals surface area contributed by atoms with Gasteiger partial charge in [0.25, 0.3) is 0 Å². The second-order valence-electron chi connectivity index (χ2n) is 16.8. The molecule has 3 aromatic heterocycles. The number of nitriles is 3. The summed E-state index contributed by atoms with van der Waals surface area (Å²) in [5.74, 6) is 0.683. The van der Waals surface area contributed by atoms with Gasteiger partial charge < -0.3 is 9.13 Å². The van der Waals surface area contributed by atoms with Crippen molar-refractivity contribution in [3.8, 4) is 85.7 Å². The van der Waals surface area contributed by atoms with Crippen molar-refractivity contribution in [2.75, 3.05) is 0 Å². The Morgan fingerprint density at radius 2 is 0.779 bits per heavy atom. The molecule has 0 amide bonds. The van der Waals surface area contributed by atoms with Gasteiger partial charge in [-0.15, -0.1) is 0 Å². The Labute approximate surface area is 391 Å². The van der Waals surface area contributed by atoms with Crippen LogP contribution in [0.15, 0.2) is 212 Å². The first-order valence-corrected chi connectivity index (χ1v) is 22.2. The first-order chi connectivity index (χ1) is 33.5. The smallest absolute Gasteiger partial charge is 0.160 e. The minimum atomic E-state index is 0.565. The van der Waals surface area contributed by atoms with Gasteiger partial charge >= 0.3 is 0 Å². The molecule has 0 atom stereocenters. The summed E-state index contributed by atoms with van der Waals surface area (Å²) in [6.45, 7) is 0. The third-order valence-electron chi connectivity index (χ3n) is 12.9. The van der Waals surface area contributed by atoms with Crippen molar-refractivity contribution in [2.45, 2.75) is 0 Å². The number of benzene rings is 9. The van der Waals surface area contributed by atoms with Gasteiger partial charge in [-0.2, -0.15) is 15.8 Å². The van der Waals surface area contributed by atoms with E-state index in [2.05, 4.69) is 137 Å². The number of nitrogens with zero attached hydrogens (tertiary/aromatic N) is 7. The van der Waals surface area contributed by atoms with E-state index in [1.165, 1.54) is 0 Å². The van der Waals surface area contributed by atoms with E-state index in [-0.39, 0.29) is 0 Å². The average molecular weight is 866 g/mol. The Kier molecular flexibility index (Phi) is 9.51. The van der Waals surface area contributed by atoms with Gasteiger partial charge in [-0.05, 0) is 101 Å². The Balaban J connectivity index is 0.870. The Morgan fingerprint density at radius 3 is 1.37 bits per heavy atom. The molecule has 9 aromatic carbocycles. The molecule has 314 valence electrons. The topological polar surface area (TPSA) is 107 Å². The number of aromatic nitrogens is 4. The van der Waals surface area contributed by atoms with Crippen LogP contribution < -0.4 is 0 Å². The zero-order chi connectivity index (χ0) is 45.7. The lowest BCUT2D eigenvalue weighted by atomic mass is 9.96. The van der Waals surface area contributed by atoms with Crippen LogP contribution in [0.25, 0.3) is 111 Å². The quantitative estimate of drug-likeness (QED) is 0.159. The van der Waals surface area contributed by atoms with Crippen LogP contribution in [0.5, 0.6) is 0 Å². The first kappa shape index (κ1) is 39.7. The normalized spacial score (nSPS) is 11.2.